The molecule has 0 unspecified atom stereocenters. The second kappa shape index (κ2) is 6.91. The topological polar surface area (TPSA) is 71.0 Å². The number of carbonyl (C=O) groups is 1. The number of thiazole rings is 1. The lowest BCUT2D eigenvalue weighted by molar-refractivity contribution is -0.120. The molecule has 6 nitrogen and oxygen atoms in total. The number of hydrogen-bond donors (Lipinski definition) is 1. The highest BCUT2D eigenvalue weighted by Gasteiger charge is 2.26. The van der Waals surface area contributed by atoms with Crippen LogP contribution in [0.1, 0.15) is 12.8 Å². The first-order valence-electron chi connectivity index (χ1n) is 8.18. The van der Waals surface area contributed by atoms with Crippen LogP contribution in [0.25, 0.3) is 10.2 Å². The smallest absolute Gasteiger partial charge is 0.229 e. The molecule has 134 valence electrons. The lowest BCUT2D eigenvalue weighted by Gasteiger charge is -2.30. The van der Waals surface area contributed by atoms with E-state index in [1.807, 2.05) is 4.90 Å². The highest BCUT2D eigenvalue weighted by atomic mass is 32.1. The molecule has 26 heavy (non-hydrogen) atoms. The maximum Gasteiger partial charge on any atom is 0.229 e. The number of carbonyl (C=O) groups excluding carboxylic acids is 1. The van der Waals surface area contributed by atoms with Crippen molar-refractivity contribution < 1.29 is 13.6 Å². The minimum atomic E-state index is -0.948. The summed E-state index contributed by atoms with van der Waals surface area (Å²) in [5.74, 6) is -1.47. The number of aromatic nitrogens is 3. The van der Waals surface area contributed by atoms with Crippen molar-refractivity contribution in [1.82, 2.24) is 15.0 Å². The quantitative estimate of drug-likeness (QED) is 0.761. The van der Waals surface area contributed by atoms with Gasteiger partial charge in [0.25, 0.3) is 0 Å². The lowest BCUT2D eigenvalue weighted by atomic mass is 9.96. The number of amides is 1. The molecule has 3 heterocycles. The SMILES string of the molecule is O=C(Nc1nc2cc(F)c(F)cc2s1)C1CCN(c2ncccn2)CC1. The third-order valence-corrected chi connectivity index (χ3v) is 5.29. The van der Waals surface area contributed by atoms with Crippen molar-refractivity contribution in [2.24, 2.45) is 5.92 Å². The Morgan fingerprint density at radius 1 is 1.15 bits per heavy atom. The van der Waals surface area contributed by atoms with Crippen LogP contribution in [0.15, 0.2) is 30.6 Å². The number of halogens is 2. The van der Waals surface area contributed by atoms with Gasteiger partial charge in [-0.3, -0.25) is 4.79 Å². The normalized spacial score (nSPS) is 15.4. The second-order valence-corrected chi connectivity index (χ2v) is 7.08. The summed E-state index contributed by atoms with van der Waals surface area (Å²) in [6.07, 6.45) is 4.75. The first kappa shape index (κ1) is 16.8. The van der Waals surface area contributed by atoms with E-state index < -0.39 is 11.6 Å². The standard InChI is InChI=1S/C17H15F2N5OS/c18-11-8-13-14(9-12(11)19)26-17(22-13)23-15(25)10-2-6-24(7-3-10)16-20-4-1-5-21-16/h1,4-5,8-10H,2-3,6-7H2,(H,22,23,25). The molecule has 9 heteroatoms. The first-order valence-corrected chi connectivity index (χ1v) is 9.00. The van der Waals surface area contributed by atoms with Gasteiger partial charge in [-0.15, -0.1) is 0 Å². The minimum absolute atomic E-state index is 0.126. The van der Waals surface area contributed by atoms with Gasteiger partial charge in [-0.2, -0.15) is 0 Å². The molecule has 1 N–H and O–H groups in total. The average molecular weight is 375 g/mol. The molecule has 3 aromatic rings. The monoisotopic (exact) mass is 375 g/mol. The molecule has 1 aliphatic rings. The number of anilines is 2. The molecule has 1 amide bonds. The fraction of sp³-hybridized carbons (Fsp3) is 0.294. The molecule has 0 spiro atoms. The predicted octanol–water partition coefficient (Wildman–Crippen LogP) is 3.22. The van der Waals surface area contributed by atoms with Crippen molar-refractivity contribution in [3.63, 3.8) is 0 Å². The van der Waals surface area contributed by atoms with Gasteiger partial charge in [-0.1, -0.05) is 11.3 Å². The number of nitrogens with zero attached hydrogens (tertiary/aromatic N) is 4. The van der Waals surface area contributed by atoms with E-state index in [0.717, 1.165) is 23.5 Å². The third-order valence-electron chi connectivity index (χ3n) is 4.36. The molecule has 0 radical (unpaired) electrons. The Morgan fingerprint density at radius 3 is 2.58 bits per heavy atom. The summed E-state index contributed by atoms with van der Waals surface area (Å²) in [6.45, 7) is 1.39. The Kier molecular flexibility index (Phi) is 4.46. The summed E-state index contributed by atoms with van der Waals surface area (Å²) < 4.78 is 27.1. The number of benzene rings is 1. The van der Waals surface area contributed by atoms with Crippen LogP contribution in [-0.4, -0.2) is 33.9 Å². The Bertz CT molecular complexity index is 902. The molecule has 0 atom stereocenters. The van der Waals surface area contributed by atoms with Gasteiger partial charge in [0.1, 0.15) is 0 Å². The molecule has 1 aliphatic heterocycles. The van der Waals surface area contributed by atoms with E-state index in [1.165, 1.54) is 0 Å². The minimum Gasteiger partial charge on any atom is -0.341 e. The Balaban J connectivity index is 1.40. The van der Waals surface area contributed by atoms with E-state index in [0.29, 0.717) is 47.2 Å². The Labute approximate surface area is 151 Å². The van der Waals surface area contributed by atoms with Crippen LogP contribution in [0.3, 0.4) is 0 Å². The molecule has 1 saturated heterocycles. The molecule has 1 aromatic carbocycles. The number of nitrogens with one attached hydrogen (secondary N) is 1. The summed E-state index contributed by atoms with van der Waals surface area (Å²) >= 11 is 1.13. The van der Waals surface area contributed by atoms with Crippen molar-refractivity contribution in [2.75, 3.05) is 23.3 Å². The van der Waals surface area contributed by atoms with Crippen LogP contribution in [0.2, 0.25) is 0 Å². The fourth-order valence-corrected chi connectivity index (χ4v) is 3.86. The van der Waals surface area contributed by atoms with E-state index in [4.69, 9.17) is 0 Å². The molecule has 0 bridgehead atoms. The number of fused-ring (bicyclic) bond motifs is 1. The first-order chi connectivity index (χ1) is 12.6. The van der Waals surface area contributed by atoms with Crippen LogP contribution in [-0.2, 0) is 4.79 Å². The van der Waals surface area contributed by atoms with Gasteiger partial charge in [-0.05, 0) is 25.0 Å². The summed E-state index contributed by atoms with van der Waals surface area (Å²) in [6, 6.07) is 3.89. The van der Waals surface area contributed by atoms with E-state index >= 15 is 0 Å². The third kappa shape index (κ3) is 3.34. The highest BCUT2D eigenvalue weighted by molar-refractivity contribution is 7.22. The van der Waals surface area contributed by atoms with E-state index in [9.17, 15) is 13.6 Å². The Morgan fingerprint density at radius 2 is 1.85 bits per heavy atom. The molecule has 1 fully saturated rings. The lowest BCUT2D eigenvalue weighted by Crippen LogP contribution is -2.38. The highest BCUT2D eigenvalue weighted by Crippen LogP contribution is 2.29. The fourth-order valence-electron chi connectivity index (χ4n) is 2.98. The summed E-state index contributed by atoms with van der Waals surface area (Å²) in [5.41, 5.74) is 0.334. The Hall–Kier alpha value is -2.68. The predicted molar refractivity (Wildman–Crippen MR) is 95.1 cm³/mol. The van der Waals surface area contributed by atoms with Crippen molar-refractivity contribution >= 4 is 38.5 Å². The maximum atomic E-state index is 13.3. The van der Waals surface area contributed by atoms with Crippen molar-refractivity contribution in [3.8, 4) is 0 Å². The zero-order valence-electron chi connectivity index (χ0n) is 13.7. The van der Waals surface area contributed by atoms with Gasteiger partial charge in [0.15, 0.2) is 16.8 Å². The summed E-state index contributed by atoms with van der Waals surface area (Å²) in [4.78, 5) is 27.1. The van der Waals surface area contributed by atoms with Crippen LogP contribution < -0.4 is 10.2 Å². The van der Waals surface area contributed by atoms with Crippen LogP contribution in [0.4, 0.5) is 19.9 Å². The van der Waals surface area contributed by atoms with E-state index in [2.05, 4.69) is 20.3 Å². The zero-order chi connectivity index (χ0) is 18.1. The largest absolute Gasteiger partial charge is 0.341 e. The second-order valence-electron chi connectivity index (χ2n) is 6.05. The van der Waals surface area contributed by atoms with Crippen LogP contribution in [0, 0.1) is 17.6 Å². The van der Waals surface area contributed by atoms with Crippen molar-refractivity contribution in [3.05, 3.63) is 42.2 Å². The van der Waals surface area contributed by atoms with Gasteiger partial charge in [0, 0.05) is 37.5 Å². The molecular formula is C17H15F2N5OS. The van der Waals surface area contributed by atoms with Gasteiger partial charge in [0.05, 0.1) is 10.2 Å². The van der Waals surface area contributed by atoms with Crippen molar-refractivity contribution in [2.45, 2.75) is 12.8 Å². The van der Waals surface area contributed by atoms with Gasteiger partial charge in [0.2, 0.25) is 11.9 Å². The molecule has 4 rings (SSSR count). The zero-order valence-corrected chi connectivity index (χ0v) is 14.5. The summed E-state index contributed by atoms with van der Waals surface area (Å²) in [5, 5.41) is 3.12. The van der Waals surface area contributed by atoms with Gasteiger partial charge >= 0.3 is 0 Å². The number of hydrogen-bond acceptors (Lipinski definition) is 6. The maximum absolute atomic E-state index is 13.3. The average Bonchev–Trinajstić information content (AvgIpc) is 3.04. The molecule has 0 saturated carbocycles. The van der Waals surface area contributed by atoms with Crippen LogP contribution in [0.5, 0.6) is 0 Å². The van der Waals surface area contributed by atoms with Gasteiger partial charge < -0.3 is 10.2 Å². The van der Waals surface area contributed by atoms with E-state index in [-0.39, 0.29) is 11.8 Å². The summed E-state index contributed by atoms with van der Waals surface area (Å²) in [7, 11) is 0. The number of rotatable bonds is 3. The molecular weight excluding hydrogens is 360 g/mol. The van der Waals surface area contributed by atoms with Crippen molar-refractivity contribution in [1.29, 1.82) is 0 Å². The molecule has 0 aliphatic carbocycles. The van der Waals surface area contributed by atoms with Gasteiger partial charge in [-0.25, -0.2) is 23.7 Å². The van der Waals surface area contributed by atoms with E-state index in [1.54, 1.807) is 18.5 Å². The van der Waals surface area contributed by atoms with Crippen LogP contribution >= 0.6 is 11.3 Å². The number of piperidine rings is 1. The molecule has 2 aromatic heterocycles.